The summed E-state index contributed by atoms with van der Waals surface area (Å²) in [7, 11) is 0. The quantitative estimate of drug-likeness (QED) is 0.929. The van der Waals surface area contributed by atoms with E-state index in [9.17, 15) is 4.79 Å². The number of benzene rings is 1. The Bertz CT molecular complexity index is 438. The van der Waals surface area contributed by atoms with Gasteiger partial charge in [-0.05, 0) is 23.8 Å². The molecule has 3 atom stereocenters. The minimum absolute atomic E-state index is 0. The normalized spacial score (nSPS) is 23.3. The standard InChI is InChI=1S/C17H26N2O.ClH/c1-3-14-12-19(17(20)13(2)11-18)10-9-16(14)15-7-5-4-6-8-15;/h4-8,13-14,16H,3,9-12,18H2,1-2H3;1H. The highest BCUT2D eigenvalue weighted by Crippen LogP contribution is 2.35. The van der Waals surface area contributed by atoms with Gasteiger partial charge in [0.1, 0.15) is 0 Å². The van der Waals surface area contributed by atoms with Gasteiger partial charge in [0.2, 0.25) is 5.91 Å². The number of amides is 1. The Kier molecular flexibility index (Phi) is 7.20. The molecule has 1 saturated heterocycles. The van der Waals surface area contributed by atoms with Crippen LogP contribution >= 0.6 is 12.4 Å². The van der Waals surface area contributed by atoms with Crippen LogP contribution in [0, 0.1) is 11.8 Å². The molecule has 3 nitrogen and oxygen atoms in total. The van der Waals surface area contributed by atoms with Crippen molar-refractivity contribution in [2.75, 3.05) is 19.6 Å². The molecule has 0 saturated carbocycles. The number of carbonyl (C=O) groups excluding carboxylic acids is 1. The van der Waals surface area contributed by atoms with Gasteiger partial charge in [0, 0.05) is 25.6 Å². The van der Waals surface area contributed by atoms with E-state index in [1.165, 1.54) is 5.56 Å². The van der Waals surface area contributed by atoms with Crippen molar-refractivity contribution in [3.63, 3.8) is 0 Å². The number of carbonyl (C=O) groups is 1. The van der Waals surface area contributed by atoms with Crippen LogP contribution in [0.2, 0.25) is 0 Å². The number of piperidine rings is 1. The first-order valence-electron chi connectivity index (χ1n) is 7.71. The van der Waals surface area contributed by atoms with Crippen molar-refractivity contribution in [2.24, 2.45) is 17.6 Å². The Morgan fingerprint density at radius 3 is 2.62 bits per heavy atom. The van der Waals surface area contributed by atoms with Crippen molar-refractivity contribution < 1.29 is 4.79 Å². The van der Waals surface area contributed by atoms with Gasteiger partial charge in [0.15, 0.2) is 0 Å². The van der Waals surface area contributed by atoms with Crippen LogP contribution in [0.3, 0.4) is 0 Å². The number of likely N-dealkylation sites (tertiary alicyclic amines) is 1. The van der Waals surface area contributed by atoms with Gasteiger partial charge >= 0.3 is 0 Å². The summed E-state index contributed by atoms with van der Waals surface area (Å²) in [5.74, 6) is 1.30. The molecule has 0 spiro atoms. The Hall–Kier alpha value is -1.06. The third-order valence-electron chi connectivity index (χ3n) is 4.57. The van der Waals surface area contributed by atoms with E-state index in [4.69, 9.17) is 5.73 Å². The lowest BCUT2D eigenvalue weighted by molar-refractivity contribution is -0.136. The first-order valence-corrected chi connectivity index (χ1v) is 7.71. The van der Waals surface area contributed by atoms with E-state index in [2.05, 4.69) is 37.3 Å². The van der Waals surface area contributed by atoms with Crippen molar-refractivity contribution in [3.8, 4) is 0 Å². The van der Waals surface area contributed by atoms with Crippen LogP contribution in [-0.4, -0.2) is 30.4 Å². The molecule has 4 heteroatoms. The molecule has 1 fully saturated rings. The summed E-state index contributed by atoms with van der Waals surface area (Å²) in [4.78, 5) is 14.3. The van der Waals surface area contributed by atoms with E-state index in [0.717, 1.165) is 25.9 Å². The molecular weight excluding hydrogens is 284 g/mol. The summed E-state index contributed by atoms with van der Waals surface area (Å²) >= 11 is 0. The van der Waals surface area contributed by atoms with Crippen molar-refractivity contribution in [2.45, 2.75) is 32.6 Å². The van der Waals surface area contributed by atoms with Crippen LogP contribution in [0.4, 0.5) is 0 Å². The molecule has 1 aliphatic heterocycles. The molecule has 21 heavy (non-hydrogen) atoms. The summed E-state index contributed by atoms with van der Waals surface area (Å²) in [6.07, 6.45) is 2.17. The molecule has 0 bridgehead atoms. The summed E-state index contributed by atoms with van der Waals surface area (Å²) < 4.78 is 0. The van der Waals surface area contributed by atoms with Crippen LogP contribution in [-0.2, 0) is 4.79 Å². The smallest absolute Gasteiger partial charge is 0.226 e. The molecule has 0 aromatic heterocycles. The lowest BCUT2D eigenvalue weighted by atomic mass is 9.79. The lowest BCUT2D eigenvalue weighted by Crippen LogP contribution is -2.46. The molecule has 2 N–H and O–H groups in total. The Labute approximate surface area is 134 Å². The number of rotatable bonds is 4. The van der Waals surface area contributed by atoms with Crippen LogP contribution in [0.25, 0.3) is 0 Å². The van der Waals surface area contributed by atoms with E-state index >= 15 is 0 Å². The molecule has 118 valence electrons. The molecular formula is C17H27ClN2O. The highest BCUT2D eigenvalue weighted by Gasteiger charge is 2.32. The number of hydrogen-bond donors (Lipinski definition) is 1. The largest absolute Gasteiger partial charge is 0.342 e. The van der Waals surface area contributed by atoms with Gasteiger partial charge in [-0.15, -0.1) is 12.4 Å². The average molecular weight is 311 g/mol. The average Bonchev–Trinajstić information content (AvgIpc) is 2.53. The molecule has 1 heterocycles. The molecule has 1 aliphatic rings. The van der Waals surface area contributed by atoms with E-state index < -0.39 is 0 Å². The molecule has 2 rings (SSSR count). The van der Waals surface area contributed by atoms with Gasteiger partial charge in [0.25, 0.3) is 0 Å². The Morgan fingerprint density at radius 2 is 2.05 bits per heavy atom. The molecule has 0 aliphatic carbocycles. The Balaban J connectivity index is 0.00000220. The SMILES string of the molecule is CCC1CN(C(=O)C(C)CN)CCC1c1ccccc1.Cl. The maximum atomic E-state index is 12.3. The van der Waals surface area contributed by atoms with E-state index in [0.29, 0.717) is 18.4 Å². The van der Waals surface area contributed by atoms with E-state index in [-0.39, 0.29) is 24.2 Å². The highest BCUT2D eigenvalue weighted by molar-refractivity contribution is 5.85. The van der Waals surface area contributed by atoms with Crippen molar-refractivity contribution in [1.82, 2.24) is 4.90 Å². The number of halogens is 1. The first kappa shape index (κ1) is 18.0. The van der Waals surface area contributed by atoms with Gasteiger partial charge < -0.3 is 10.6 Å². The summed E-state index contributed by atoms with van der Waals surface area (Å²) in [6.45, 7) is 6.32. The monoisotopic (exact) mass is 310 g/mol. The maximum absolute atomic E-state index is 12.3. The highest BCUT2D eigenvalue weighted by atomic mass is 35.5. The minimum Gasteiger partial charge on any atom is -0.342 e. The zero-order valence-corrected chi connectivity index (χ0v) is 13.8. The predicted octanol–water partition coefficient (Wildman–Crippen LogP) is 3.05. The fourth-order valence-corrected chi connectivity index (χ4v) is 3.20. The van der Waals surface area contributed by atoms with Gasteiger partial charge in [-0.25, -0.2) is 0 Å². The maximum Gasteiger partial charge on any atom is 0.226 e. The topological polar surface area (TPSA) is 46.3 Å². The van der Waals surface area contributed by atoms with Gasteiger partial charge in [-0.2, -0.15) is 0 Å². The summed E-state index contributed by atoms with van der Waals surface area (Å²) in [6, 6.07) is 10.7. The van der Waals surface area contributed by atoms with E-state index in [1.807, 2.05) is 11.8 Å². The third-order valence-corrected chi connectivity index (χ3v) is 4.57. The second kappa shape index (κ2) is 8.40. The van der Waals surface area contributed by atoms with Crippen molar-refractivity contribution >= 4 is 18.3 Å². The predicted molar refractivity (Wildman–Crippen MR) is 89.6 cm³/mol. The van der Waals surface area contributed by atoms with Crippen molar-refractivity contribution in [3.05, 3.63) is 35.9 Å². The number of hydrogen-bond acceptors (Lipinski definition) is 2. The minimum atomic E-state index is -0.0548. The lowest BCUT2D eigenvalue weighted by Gasteiger charge is -2.39. The zero-order valence-electron chi connectivity index (χ0n) is 13.0. The molecule has 3 unspecified atom stereocenters. The molecule has 1 amide bonds. The second-order valence-corrected chi connectivity index (χ2v) is 5.90. The number of nitrogens with zero attached hydrogens (tertiary/aromatic N) is 1. The van der Waals surface area contributed by atoms with Crippen molar-refractivity contribution in [1.29, 1.82) is 0 Å². The summed E-state index contributed by atoms with van der Waals surface area (Å²) in [5.41, 5.74) is 7.03. The molecule has 0 radical (unpaired) electrons. The Morgan fingerprint density at radius 1 is 1.38 bits per heavy atom. The first-order chi connectivity index (χ1) is 9.67. The molecule has 1 aromatic rings. The third kappa shape index (κ3) is 4.21. The number of nitrogens with two attached hydrogens (primary N) is 1. The van der Waals surface area contributed by atoms with Crippen LogP contribution in [0.5, 0.6) is 0 Å². The van der Waals surface area contributed by atoms with Gasteiger partial charge in [0.05, 0.1) is 0 Å². The molecule has 1 aromatic carbocycles. The fraction of sp³-hybridized carbons (Fsp3) is 0.588. The zero-order chi connectivity index (χ0) is 14.5. The van der Waals surface area contributed by atoms with E-state index in [1.54, 1.807) is 0 Å². The fourth-order valence-electron chi connectivity index (χ4n) is 3.20. The van der Waals surface area contributed by atoms with Gasteiger partial charge in [-0.1, -0.05) is 50.6 Å². The van der Waals surface area contributed by atoms with Gasteiger partial charge in [-0.3, -0.25) is 4.79 Å². The van der Waals surface area contributed by atoms with Crippen LogP contribution in [0.15, 0.2) is 30.3 Å². The summed E-state index contributed by atoms with van der Waals surface area (Å²) in [5, 5.41) is 0. The second-order valence-electron chi connectivity index (χ2n) is 5.90. The van der Waals surface area contributed by atoms with Crippen LogP contribution in [0.1, 0.15) is 38.2 Å². The van der Waals surface area contributed by atoms with Crippen LogP contribution < -0.4 is 5.73 Å².